The minimum absolute atomic E-state index is 0.0362. The summed E-state index contributed by atoms with van der Waals surface area (Å²) in [6.07, 6.45) is 4.98. The lowest BCUT2D eigenvalue weighted by Gasteiger charge is -2.30. The van der Waals surface area contributed by atoms with E-state index in [0.717, 1.165) is 57.4 Å². The molecule has 0 spiro atoms. The smallest absolute Gasteiger partial charge is 0.234 e. The van der Waals surface area contributed by atoms with E-state index in [9.17, 15) is 9.59 Å². The maximum absolute atomic E-state index is 12.3. The van der Waals surface area contributed by atoms with Crippen molar-refractivity contribution < 1.29 is 9.59 Å². The van der Waals surface area contributed by atoms with E-state index in [-0.39, 0.29) is 17.7 Å². The first-order chi connectivity index (χ1) is 11.7. The van der Waals surface area contributed by atoms with E-state index in [1.54, 1.807) is 0 Å². The van der Waals surface area contributed by atoms with Crippen LogP contribution in [-0.4, -0.2) is 42.9 Å². The zero-order chi connectivity index (χ0) is 17.2. The van der Waals surface area contributed by atoms with E-state index in [1.807, 2.05) is 30.3 Å². The van der Waals surface area contributed by atoms with Gasteiger partial charge in [-0.1, -0.05) is 38.0 Å². The molecule has 1 aromatic carbocycles. The Bertz CT molecular complexity index is 511. The molecule has 0 bridgehead atoms. The van der Waals surface area contributed by atoms with Crippen LogP contribution in [0.15, 0.2) is 30.3 Å². The highest BCUT2D eigenvalue weighted by molar-refractivity contribution is 5.92. The SMILES string of the molecule is CCCCCNC(=O)CN1CCC(C(=O)Nc2ccccc2)CC1. The van der Waals surface area contributed by atoms with Crippen LogP contribution in [0.25, 0.3) is 0 Å². The predicted octanol–water partition coefficient (Wildman–Crippen LogP) is 2.64. The van der Waals surface area contributed by atoms with Crippen molar-refractivity contribution >= 4 is 17.5 Å². The van der Waals surface area contributed by atoms with Crippen LogP contribution in [-0.2, 0) is 9.59 Å². The van der Waals surface area contributed by atoms with Gasteiger partial charge in [-0.25, -0.2) is 0 Å². The van der Waals surface area contributed by atoms with Crippen LogP contribution in [0.5, 0.6) is 0 Å². The van der Waals surface area contributed by atoms with Crippen molar-refractivity contribution in [1.29, 1.82) is 0 Å². The highest BCUT2D eigenvalue weighted by Gasteiger charge is 2.25. The van der Waals surface area contributed by atoms with E-state index in [4.69, 9.17) is 0 Å². The van der Waals surface area contributed by atoms with Crippen molar-refractivity contribution in [3.8, 4) is 0 Å². The number of nitrogens with zero attached hydrogens (tertiary/aromatic N) is 1. The minimum Gasteiger partial charge on any atom is -0.355 e. The molecule has 2 N–H and O–H groups in total. The summed E-state index contributed by atoms with van der Waals surface area (Å²) >= 11 is 0. The van der Waals surface area contributed by atoms with Crippen molar-refractivity contribution in [2.75, 3.05) is 31.5 Å². The van der Waals surface area contributed by atoms with Crippen molar-refractivity contribution in [2.24, 2.45) is 5.92 Å². The van der Waals surface area contributed by atoms with Gasteiger partial charge in [0.1, 0.15) is 0 Å². The highest BCUT2D eigenvalue weighted by Crippen LogP contribution is 2.19. The number of nitrogens with one attached hydrogen (secondary N) is 2. The van der Waals surface area contributed by atoms with Gasteiger partial charge in [-0.2, -0.15) is 0 Å². The third-order valence-electron chi connectivity index (χ3n) is 4.47. The summed E-state index contributed by atoms with van der Waals surface area (Å²) < 4.78 is 0. The first kappa shape index (κ1) is 18.5. The Balaban J connectivity index is 1.65. The van der Waals surface area contributed by atoms with Crippen LogP contribution >= 0.6 is 0 Å². The summed E-state index contributed by atoms with van der Waals surface area (Å²) in [5.74, 6) is 0.220. The zero-order valence-corrected chi connectivity index (χ0v) is 14.6. The number of unbranched alkanes of at least 4 members (excludes halogenated alkanes) is 2. The summed E-state index contributed by atoms with van der Waals surface area (Å²) in [5, 5.41) is 5.94. The van der Waals surface area contributed by atoms with Gasteiger partial charge in [0.25, 0.3) is 0 Å². The fraction of sp³-hybridized carbons (Fsp3) is 0.579. The average molecular weight is 331 g/mol. The molecule has 1 saturated heterocycles. The molecule has 5 nitrogen and oxygen atoms in total. The number of amides is 2. The molecule has 5 heteroatoms. The second-order valence-electron chi connectivity index (χ2n) is 6.46. The van der Waals surface area contributed by atoms with Crippen LogP contribution in [0, 0.1) is 5.92 Å². The number of benzene rings is 1. The van der Waals surface area contributed by atoms with Crippen molar-refractivity contribution in [1.82, 2.24) is 10.2 Å². The highest BCUT2D eigenvalue weighted by atomic mass is 16.2. The first-order valence-electron chi connectivity index (χ1n) is 9.04. The largest absolute Gasteiger partial charge is 0.355 e. The standard InChI is InChI=1S/C19H29N3O2/c1-2-3-7-12-20-18(23)15-22-13-10-16(11-14-22)19(24)21-17-8-5-4-6-9-17/h4-6,8-9,16H,2-3,7,10-15H2,1H3,(H,20,23)(H,21,24). The van der Waals surface area contributed by atoms with E-state index in [0.29, 0.717) is 6.54 Å². The predicted molar refractivity (Wildman–Crippen MR) is 96.8 cm³/mol. The molecule has 0 aromatic heterocycles. The monoisotopic (exact) mass is 331 g/mol. The summed E-state index contributed by atoms with van der Waals surface area (Å²) in [6, 6.07) is 9.56. The number of anilines is 1. The van der Waals surface area contributed by atoms with Gasteiger partial charge < -0.3 is 10.6 Å². The van der Waals surface area contributed by atoms with Crippen molar-refractivity contribution in [2.45, 2.75) is 39.0 Å². The van der Waals surface area contributed by atoms with Gasteiger partial charge in [-0.3, -0.25) is 14.5 Å². The van der Waals surface area contributed by atoms with E-state index < -0.39 is 0 Å². The molecule has 1 aromatic rings. The third-order valence-corrected chi connectivity index (χ3v) is 4.47. The van der Waals surface area contributed by atoms with Crippen LogP contribution in [0.3, 0.4) is 0 Å². The molecule has 0 unspecified atom stereocenters. The van der Waals surface area contributed by atoms with Crippen molar-refractivity contribution in [3.05, 3.63) is 30.3 Å². The molecule has 1 aliphatic heterocycles. The maximum atomic E-state index is 12.3. The lowest BCUT2D eigenvalue weighted by molar-refractivity contribution is -0.123. The van der Waals surface area contributed by atoms with Gasteiger partial charge in [0, 0.05) is 18.2 Å². The maximum Gasteiger partial charge on any atom is 0.234 e. The van der Waals surface area contributed by atoms with Crippen molar-refractivity contribution in [3.63, 3.8) is 0 Å². The summed E-state index contributed by atoms with van der Waals surface area (Å²) in [6.45, 7) is 4.96. The zero-order valence-electron chi connectivity index (χ0n) is 14.6. The van der Waals surface area contributed by atoms with Gasteiger partial charge in [-0.15, -0.1) is 0 Å². The van der Waals surface area contributed by atoms with Gasteiger partial charge in [0.15, 0.2) is 0 Å². The van der Waals surface area contributed by atoms with Crippen LogP contribution in [0.1, 0.15) is 39.0 Å². The Morgan fingerprint density at radius 3 is 2.50 bits per heavy atom. The number of carbonyl (C=O) groups excluding carboxylic acids is 2. The Kier molecular flexibility index (Phi) is 7.75. The van der Waals surface area contributed by atoms with Gasteiger partial charge in [-0.05, 0) is 44.5 Å². The van der Waals surface area contributed by atoms with Crippen LogP contribution < -0.4 is 10.6 Å². The molecule has 2 rings (SSSR count). The topological polar surface area (TPSA) is 61.4 Å². The summed E-state index contributed by atoms with van der Waals surface area (Å²) in [4.78, 5) is 26.3. The summed E-state index contributed by atoms with van der Waals surface area (Å²) in [5.41, 5.74) is 0.844. The molecule has 0 atom stereocenters. The molecule has 2 amide bonds. The molecule has 0 radical (unpaired) electrons. The molecular formula is C19H29N3O2. The second-order valence-corrected chi connectivity index (χ2v) is 6.46. The number of carbonyl (C=O) groups is 2. The molecule has 0 aliphatic carbocycles. The Labute approximate surface area is 144 Å². The Morgan fingerprint density at radius 1 is 1.12 bits per heavy atom. The molecule has 24 heavy (non-hydrogen) atoms. The fourth-order valence-corrected chi connectivity index (χ4v) is 2.98. The van der Waals surface area contributed by atoms with Gasteiger partial charge in [0.2, 0.25) is 11.8 Å². The average Bonchev–Trinajstić information content (AvgIpc) is 2.60. The van der Waals surface area contributed by atoms with E-state index >= 15 is 0 Å². The fourth-order valence-electron chi connectivity index (χ4n) is 2.98. The Hall–Kier alpha value is -1.88. The number of piperidine rings is 1. The quantitative estimate of drug-likeness (QED) is 0.720. The van der Waals surface area contributed by atoms with Gasteiger partial charge in [0.05, 0.1) is 6.54 Å². The first-order valence-corrected chi connectivity index (χ1v) is 9.04. The lowest BCUT2D eigenvalue weighted by Crippen LogP contribution is -2.43. The van der Waals surface area contributed by atoms with Crippen LogP contribution in [0.4, 0.5) is 5.69 Å². The normalized spacial score (nSPS) is 15.9. The van der Waals surface area contributed by atoms with Gasteiger partial charge >= 0.3 is 0 Å². The molecule has 0 saturated carbocycles. The Morgan fingerprint density at radius 2 is 1.83 bits per heavy atom. The number of hydrogen-bond donors (Lipinski definition) is 2. The van der Waals surface area contributed by atoms with Crippen LogP contribution in [0.2, 0.25) is 0 Å². The second kappa shape index (κ2) is 10.1. The molecule has 1 fully saturated rings. The van der Waals surface area contributed by atoms with E-state index in [2.05, 4.69) is 22.5 Å². The lowest BCUT2D eigenvalue weighted by atomic mass is 9.96. The van der Waals surface area contributed by atoms with E-state index in [1.165, 1.54) is 0 Å². The number of para-hydroxylation sites is 1. The molecule has 1 aliphatic rings. The number of rotatable bonds is 8. The number of likely N-dealkylation sites (tertiary alicyclic amines) is 1. The molecule has 1 heterocycles. The summed E-state index contributed by atoms with van der Waals surface area (Å²) in [7, 11) is 0. The number of hydrogen-bond acceptors (Lipinski definition) is 3. The molecular weight excluding hydrogens is 302 g/mol. The third kappa shape index (κ3) is 6.32. The minimum atomic E-state index is 0.0362. The molecule has 132 valence electrons.